The van der Waals surface area contributed by atoms with Crippen LogP contribution in [-0.2, 0) is 10.8 Å². The van der Waals surface area contributed by atoms with Gasteiger partial charge in [0.2, 0.25) is 9.04 Å². The zero-order valence-electron chi connectivity index (χ0n) is 27.4. The summed E-state index contributed by atoms with van der Waals surface area (Å²) in [5, 5.41) is 0. The second-order valence-electron chi connectivity index (χ2n) is 14.1. The number of rotatable bonds is 10. The van der Waals surface area contributed by atoms with E-state index in [1.807, 2.05) is 30.3 Å². The molecule has 0 amide bonds. The van der Waals surface area contributed by atoms with E-state index in [1.54, 1.807) is 7.11 Å². The minimum atomic E-state index is -0.999. The van der Waals surface area contributed by atoms with Crippen molar-refractivity contribution in [2.45, 2.75) is 97.3 Å². The highest BCUT2D eigenvalue weighted by Crippen LogP contribution is 2.50. The smallest absolute Gasteiger partial charge is 0.206 e. The Kier molecular flexibility index (Phi) is 10.2. The average Bonchev–Trinajstić information content (AvgIpc) is 3.00. The molecule has 0 unspecified atom stereocenters. The highest BCUT2D eigenvalue weighted by Gasteiger charge is 2.45. The van der Waals surface area contributed by atoms with Crippen molar-refractivity contribution < 1.29 is 18.7 Å². The van der Waals surface area contributed by atoms with Crippen LogP contribution in [0, 0.1) is 11.3 Å². The van der Waals surface area contributed by atoms with Crippen LogP contribution in [0.2, 0.25) is 13.1 Å². The second-order valence-corrected chi connectivity index (χ2v) is 16.1. The highest BCUT2D eigenvalue weighted by molar-refractivity contribution is 6.48. The van der Waals surface area contributed by atoms with Gasteiger partial charge in [-0.15, -0.1) is 0 Å². The summed E-state index contributed by atoms with van der Waals surface area (Å²) >= 11 is 0. The van der Waals surface area contributed by atoms with E-state index in [4.69, 9.17) is 13.9 Å². The predicted octanol–water partition coefficient (Wildman–Crippen LogP) is 8.39. The lowest BCUT2D eigenvalue weighted by molar-refractivity contribution is 0.0215. The zero-order valence-corrected chi connectivity index (χ0v) is 28.4. The summed E-state index contributed by atoms with van der Waals surface area (Å²) in [7, 11) is 0.706. The van der Waals surface area contributed by atoms with Gasteiger partial charge in [0.15, 0.2) is 5.78 Å². The van der Waals surface area contributed by atoms with Crippen molar-refractivity contribution in [3.63, 3.8) is 0 Å². The SMILES string of the molecule is COc1ccc2c(c1)CCC(C1(O[Si](C)C)CCC(C(C)(C)C)CC1)=C2C(=O)c1ccc(OCCN2CCCCC2)cc1. The molecule has 2 fully saturated rings. The number of carbonyl (C=O) groups is 1. The molecule has 3 aliphatic rings. The van der Waals surface area contributed by atoms with Gasteiger partial charge in [0.1, 0.15) is 18.1 Å². The van der Waals surface area contributed by atoms with Crippen molar-refractivity contribution >= 4 is 20.4 Å². The van der Waals surface area contributed by atoms with Crippen LogP contribution in [0.15, 0.2) is 48.0 Å². The number of ether oxygens (including phenoxy) is 2. The molecule has 43 heavy (non-hydrogen) atoms. The third-order valence-corrected chi connectivity index (χ3v) is 10.8. The third-order valence-electron chi connectivity index (χ3n) is 9.96. The van der Waals surface area contributed by atoms with Gasteiger partial charge in [-0.3, -0.25) is 9.69 Å². The van der Waals surface area contributed by atoms with Crippen molar-refractivity contribution in [3.8, 4) is 11.5 Å². The first kappa shape index (κ1) is 32.0. The standard InChI is InChI=1S/C37H52NO4Si/c1-36(2,3)29-18-20-37(21-19-29,42-43(5)6)33-17-12-28-26-31(40-4)15-16-32(28)34(33)35(39)27-10-13-30(14-11-27)41-25-24-38-22-8-7-9-23-38/h10-11,13-16,26,29H,7-9,12,17-25H2,1-6H3. The molecule has 1 saturated heterocycles. The summed E-state index contributed by atoms with van der Waals surface area (Å²) in [6, 6.07) is 14.0. The maximum Gasteiger partial charge on any atom is 0.206 e. The molecule has 2 aromatic carbocycles. The van der Waals surface area contributed by atoms with E-state index >= 15 is 0 Å². The van der Waals surface area contributed by atoms with Crippen LogP contribution in [0.3, 0.4) is 0 Å². The first-order valence-corrected chi connectivity index (χ1v) is 18.9. The number of carbonyl (C=O) groups excluding carboxylic acids is 1. The monoisotopic (exact) mass is 602 g/mol. The van der Waals surface area contributed by atoms with Gasteiger partial charge in [0, 0.05) is 17.7 Å². The number of likely N-dealkylation sites (tertiary alicyclic amines) is 1. The topological polar surface area (TPSA) is 48.0 Å². The molecule has 0 bridgehead atoms. The van der Waals surface area contributed by atoms with E-state index in [0.29, 0.717) is 18.1 Å². The van der Waals surface area contributed by atoms with Crippen molar-refractivity contribution in [2.75, 3.05) is 33.4 Å². The molecule has 0 spiro atoms. The highest BCUT2D eigenvalue weighted by atomic mass is 28.3. The van der Waals surface area contributed by atoms with Crippen molar-refractivity contribution in [1.29, 1.82) is 0 Å². The number of hydrogen-bond acceptors (Lipinski definition) is 5. The first-order chi connectivity index (χ1) is 20.6. The van der Waals surface area contributed by atoms with Crippen molar-refractivity contribution in [1.82, 2.24) is 4.90 Å². The molecule has 6 heteroatoms. The summed E-state index contributed by atoms with van der Waals surface area (Å²) < 4.78 is 18.7. The summed E-state index contributed by atoms with van der Waals surface area (Å²) in [5.74, 6) is 2.41. The van der Waals surface area contributed by atoms with Crippen LogP contribution in [-0.4, -0.2) is 58.7 Å². The number of methoxy groups -OCH3 is 1. The van der Waals surface area contributed by atoms with Crippen LogP contribution >= 0.6 is 0 Å². The van der Waals surface area contributed by atoms with Crippen LogP contribution in [0.25, 0.3) is 5.57 Å². The molecule has 1 saturated carbocycles. The lowest BCUT2D eigenvalue weighted by atomic mass is 9.64. The van der Waals surface area contributed by atoms with E-state index in [1.165, 1.54) is 43.5 Å². The molecule has 1 aliphatic heterocycles. The van der Waals surface area contributed by atoms with Gasteiger partial charge < -0.3 is 13.9 Å². The quantitative estimate of drug-likeness (QED) is 0.202. The van der Waals surface area contributed by atoms with E-state index in [9.17, 15) is 4.79 Å². The Morgan fingerprint density at radius 2 is 1.63 bits per heavy atom. The number of piperidine rings is 1. The fraction of sp³-hybridized carbons (Fsp3) is 0.595. The molecule has 5 nitrogen and oxygen atoms in total. The number of aryl methyl sites for hydroxylation is 1. The maximum absolute atomic E-state index is 14.6. The molecular weight excluding hydrogens is 550 g/mol. The number of nitrogens with zero attached hydrogens (tertiary/aromatic N) is 1. The minimum absolute atomic E-state index is 0.0860. The van der Waals surface area contributed by atoms with Crippen LogP contribution in [0.4, 0.5) is 0 Å². The van der Waals surface area contributed by atoms with Crippen LogP contribution in [0.5, 0.6) is 11.5 Å². The Balaban J connectivity index is 1.46. The Morgan fingerprint density at radius 3 is 2.26 bits per heavy atom. The second kappa shape index (κ2) is 13.7. The van der Waals surface area contributed by atoms with Gasteiger partial charge in [0.25, 0.3) is 0 Å². The Morgan fingerprint density at radius 1 is 0.953 bits per heavy atom. The van der Waals surface area contributed by atoms with Crippen LogP contribution < -0.4 is 9.47 Å². The fourth-order valence-corrected chi connectivity index (χ4v) is 8.65. The number of ketones is 1. The Labute approximate surface area is 261 Å². The van der Waals surface area contributed by atoms with Gasteiger partial charge in [0.05, 0.1) is 12.7 Å². The molecule has 2 aliphatic carbocycles. The van der Waals surface area contributed by atoms with Gasteiger partial charge in [-0.25, -0.2) is 0 Å². The fourth-order valence-electron chi connectivity index (χ4n) is 7.54. The van der Waals surface area contributed by atoms with Crippen LogP contribution in [0.1, 0.15) is 93.6 Å². The van der Waals surface area contributed by atoms with E-state index < -0.39 is 9.04 Å². The average molecular weight is 603 g/mol. The molecule has 1 heterocycles. The predicted molar refractivity (Wildman–Crippen MR) is 178 cm³/mol. The number of allylic oxidation sites excluding steroid dienone is 1. The van der Waals surface area contributed by atoms with Gasteiger partial charge >= 0.3 is 0 Å². The third kappa shape index (κ3) is 7.46. The van der Waals surface area contributed by atoms with E-state index in [-0.39, 0.29) is 16.8 Å². The van der Waals surface area contributed by atoms with Gasteiger partial charge in [-0.05, 0) is 142 Å². The molecule has 5 rings (SSSR count). The lowest BCUT2D eigenvalue weighted by Gasteiger charge is -2.48. The minimum Gasteiger partial charge on any atom is -0.497 e. The largest absolute Gasteiger partial charge is 0.497 e. The number of hydrogen-bond donors (Lipinski definition) is 0. The molecule has 0 N–H and O–H groups in total. The van der Waals surface area contributed by atoms with E-state index in [2.05, 4.69) is 50.9 Å². The number of benzene rings is 2. The summed E-state index contributed by atoms with van der Waals surface area (Å²) in [6.07, 6.45) is 9.86. The summed E-state index contributed by atoms with van der Waals surface area (Å²) in [5.41, 5.74) is 4.89. The normalized spacial score (nSPS) is 23.3. The summed E-state index contributed by atoms with van der Waals surface area (Å²) in [4.78, 5) is 17.1. The molecule has 233 valence electrons. The molecule has 1 radical (unpaired) electrons. The summed E-state index contributed by atoms with van der Waals surface area (Å²) in [6.45, 7) is 15.5. The van der Waals surface area contributed by atoms with Gasteiger partial charge in [-0.1, -0.05) is 33.3 Å². The maximum atomic E-state index is 14.6. The van der Waals surface area contributed by atoms with Crippen molar-refractivity contribution in [2.24, 2.45) is 11.3 Å². The molecular formula is C37H52NO4Si. The Bertz CT molecular complexity index is 1280. The Hall–Kier alpha value is -2.41. The van der Waals surface area contributed by atoms with Crippen molar-refractivity contribution in [3.05, 3.63) is 64.7 Å². The number of fused-ring (bicyclic) bond motifs is 1. The number of Topliss-reactive ketones (excluding diaryl/α,β-unsaturated/α-hetero) is 1. The first-order valence-electron chi connectivity index (χ1n) is 16.5. The lowest BCUT2D eigenvalue weighted by Crippen LogP contribution is -2.45. The van der Waals surface area contributed by atoms with Gasteiger partial charge in [-0.2, -0.15) is 0 Å². The molecule has 0 aromatic heterocycles. The molecule has 2 aromatic rings. The van der Waals surface area contributed by atoms with E-state index in [0.717, 1.165) is 67.7 Å². The zero-order chi connectivity index (χ0) is 30.6. The molecule has 0 atom stereocenters.